The summed E-state index contributed by atoms with van der Waals surface area (Å²) in [5.41, 5.74) is 0.717. The van der Waals surface area contributed by atoms with Gasteiger partial charge < -0.3 is 4.98 Å². The number of aromatic nitrogens is 1. The predicted octanol–water partition coefficient (Wildman–Crippen LogP) is 1.98. The maximum Gasteiger partial charge on any atom is 0.182 e. The lowest BCUT2D eigenvalue weighted by molar-refractivity contribution is 1.32. The van der Waals surface area contributed by atoms with E-state index in [0.29, 0.717) is 4.88 Å². The Morgan fingerprint density at radius 3 is 2.86 bits per heavy atom. The number of rotatable bonds is 1. The molecule has 2 aromatic heterocycles. The van der Waals surface area contributed by atoms with Crippen LogP contribution in [0.3, 0.4) is 0 Å². The fraction of sp³-hybridized carbons (Fsp3) is 0. The van der Waals surface area contributed by atoms with E-state index in [4.69, 9.17) is 5.26 Å². The highest BCUT2D eigenvalue weighted by molar-refractivity contribution is 7.15. The van der Waals surface area contributed by atoms with Crippen LogP contribution in [0.5, 0.6) is 0 Å². The van der Waals surface area contributed by atoms with Crippen molar-refractivity contribution in [1.82, 2.24) is 4.98 Å². The summed E-state index contributed by atoms with van der Waals surface area (Å²) >= 11 is 1.36. The summed E-state index contributed by atoms with van der Waals surface area (Å²) in [5, 5.41) is 8.64. The van der Waals surface area contributed by atoms with Crippen LogP contribution in [-0.4, -0.2) is 4.98 Å². The zero-order chi connectivity index (χ0) is 9.97. The molecule has 2 aromatic rings. The highest BCUT2D eigenvalue weighted by Gasteiger charge is 2.02. The van der Waals surface area contributed by atoms with Crippen molar-refractivity contribution in [1.29, 1.82) is 5.26 Å². The number of pyridine rings is 1. The SMILES string of the molecule is N#Cc1ccc(-c2cc(=O)cc[nH]2)s1. The fourth-order valence-electron chi connectivity index (χ4n) is 1.13. The molecule has 0 aliphatic rings. The van der Waals surface area contributed by atoms with Crippen molar-refractivity contribution in [2.75, 3.05) is 0 Å². The highest BCUT2D eigenvalue weighted by Crippen LogP contribution is 2.24. The van der Waals surface area contributed by atoms with Gasteiger partial charge in [0, 0.05) is 18.3 Å². The lowest BCUT2D eigenvalue weighted by atomic mass is 10.3. The summed E-state index contributed by atoms with van der Waals surface area (Å²) in [6.07, 6.45) is 1.60. The van der Waals surface area contributed by atoms with E-state index in [1.165, 1.54) is 23.5 Å². The first-order chi connectivity index (χ1) is 6.79. The van der Waals surface area contributed by atoms with Crippen LogP contribution in [0.25, 0.3) is 10.6 Å². The molecule has 2 rings (SSSR count). The van der Waals surface area contributed by atoms with Crippen LogP contribution >= 0.6 is 11.3 Å². The van der Waals surface area contributed by atoms with Gasteiger partial charge >= 0.3 is 0 Å². The molecule has 68 valence electrons. The molecule has 2 heterocycles. The molecule has 1 N–H and O–H groups in total. The van der Waals surface area contributed by atoms with Crippen LogP contribution in [0, 0.1) is 11.3 Å². The van der Waals surface area contributed by atoms with E-state index < -0.39 is 0 Å². The third-order valence-electron chi connectivity index (χ3n) is 1.75. The van der Waals surface area contributed by atoms with Gasteiger partial charge in [-0.05, 0) is 12.1 Å². The van der Waals surface area contributed by atoms with Gasteiger partial charge in [-0.1, -0.05) is 0 Å². The molecule has 0 aliphatic heterocycles. The molecular formula is C10H6N2OS. The van der Waals surface area contributed by atoms with Gasteiger partial charge in [0.1, 0.15) is 10.9 Å². The Hall–Kier alpha value is -1.86. The van der Waals surface area contributed by atoms with Crippen LogP contribution in [0.1, 0.15) is 4.88 Å². The molecule has 0 atom stereocenters. The number of nitrogens with one attached hydrogen (secondary N) is 1. The van der Waals surface area contributed by atoms with Crippen LogP contribution in [0.15, 0.2) is 35.3 Å². The number of hydrogen-bond donors (Lipinski definition) is 1. The molecule has 0 saturated heterocycles. The minimum absolute atomic E-state index is 0.0364. The zero-order valence-electron chi connectivity index (χ0n) is 7.15. The van der Waals surface area contributed by atoms with Crippen LogP contribution in [0.2, 0.25) is 0 Å². The van der Waals surface area contributed by atoms with Gasteiger partial charge in [0.2, 0.25) is 0 Å². The second-order valence-electron chi connectivity index (χ2n) is 2.71. The molecule has 0 saturated carbocycles. The van der Waals surface area contributed by atoms with Crippen molar-refractivity contribution in [3.8, 4) is 16.6 Å². The average Bonchev–Trinajstić information content (AvgIpc) is 2.66. The number of hydrogen-bond acceptors (Lipinski definition) is 3. The normalized spacial score (nSPS) is 9.64. The van der Waals surface area contributed by atoms with E-state index in [2.05, 4.69) is 11.1 Å². The molecule has 0 unspecified atom stereocenters. The third kappa shape index (κ3) is 1.58. The monoisotopic (exact) mass is 202 g/mol. The Morgan fingerprint density at radius 1 is 1.36 bits per heavy atom. The average molecular weight is 202 g/mol. The third-order valence-corrected chi connectivity index (χ3v) is 2.78. The van der Waals surface area contributed by atoms with Gasteiger partial charge in [-0.15, -0.1) is 11.3 Å². The highest BCUT2D eigenvalue weighted by atomic mass is 32.1. The van der Waals surface area contributed by atoms with Crippen LogP contribution < -0.4 is 5.43 Å². The molecule has 0 spiro atoms. The minimum atomic E-state index is -0.0364. The fourth-order valence-corrected chi connectivity index (χ4v) is 1.91. The number of thiophene rings is 1. The molecule has 0 radical (unpaired) electrons. The number of aromatic amines is 1. The maximum absolute atomic E-state index is 11.1. The first-order valence-electron chi connectivity index (χ1n) is 3.98. The van der Waals surface area contributed by atoms with Crippen molar-refractivity contribution in [3.63, 3.8) is 0 Å². The Balaban J connectivity index is 2.50. The molecule has 4 heteroatoms. The van der Waals surface area contributed by atoms with E-state index >= 15 is 0 Å². The quantitative estimate of drug-likeness (QED) is 0.768. The molecule has 0 bridgehead atoms. The molecule has 3 nitrogen and oxygen atoms in total. The van der Waals surface area contributed by atoms with Crippen molar-refractivity contribution >= 4 is 11.3 Å². The smallest absolute Gasteiger partial charge is 0.182 e. The Labute approximate surface area is 84.3 Å². The van der Waals surface area contributed by atoms with E-state index in [0.717, 1.165) is 10.6 Å². The van der Waals surface area contributed by atoms with Gasteiger partial charge in [-0.3, -0.25) is 4.79 Å². The molecule has 0 fully saturated rings. The molecule has 0 aliphatic carbocycles. The maximum atomic E-state index is 11.1. The summed E-state index contributed by atoms with van der Waals surface area (Å²) in [6, 6.07) is 8.61. The van der Waals surface area contributed by atoms with Gasteiger partial charge in [0.25, 0.3) is 0 Å². The van der Waals surface area contributed by atoms with Crippen LogP contribution in [0.4, 0.5) is 0 Å². The zero-order valence-corrected chi connectivity index (χ0v) is 7.97. The van der Waals surface area contributed by atoms with E-state index in [9.17, 15) is 4.79 Å². The summed E-state index contributed by atoms with van der Waals surface area (Å²) < 4.78 is 0. The summed E-state index contributed by atoms with van der Waals surface area (Å²) in [5.74, 6) is 0. The van der Waals surface area contributed by atoms with Crippen LogP contribution in [-0.2, 0) is 0 Å². The first-order valence-corrected chi connectivity index (χ1v) is 4.80. The largest absolute Gasteiger partial charge is 0.360 e. The minimum Gasteiger partial charge on any atom is -0.360 e. The summed E-state index contributed by atoms with van der Waals surface area (Å²) in [4.78, 5) is 15.6. The Kier molecular flexibility index (Phi) is 2.17. The second kappa shape index (κ2) is 3.48. The van der Waals surface area contributed by atoms with E-state index in [1.807, 2.05) is 6.07 Å². The van der Waals surface area contributed by atoms with Gasteiger partial charge in [0.05, 0.1) is 10.6 Å². The number of H-pyrrole nitrogens is 1. The predicted molar refractivity (Wildman–Crippen MR) is 55.1 cm³/mol. The molecular weight excluding hydrogens is 196 g/mol. The van der Waals surface area contributed by atoms with Gasteiger partial charge in [-0.25, -0.2) is 0 Å². The Bertz CT molecular complexity index is 547. The lowest BCUT2D eigenvalue weighted by Crippen LogP contribution is -1.96. The summed E-state index contributed by atoms with van der Waals surface area (Å²) in [7, 11) is 0. The Morgan fingerprint density at radius 2 is 2.21 bits per heavy atom. The number of nitrogens with zero attached hydrogens (tertiary/aromatic N) is 1. The molecule has 0 aromatic carbocycles. The van der Waals surface area contributed by atoms with Crippen molar-refractivity contribution in [2.24, 2.45) is 0 Å². The van der Waals surface area contributed by atoms with E-state index in [-0.39, 0.29) is 5.43 Å². The van der Waals surface area contributed by atoms with E-state index in [1.54, 1.807) is 12.3 Å². The van der Waals surface area contributed by atoms with Crippen molar-refractivity contribution < 1.29 is 0 Å². The van der Waals surface area contributed by atoms with Crippen molar-refractivity contribution in [2.45, 2.75) is 0 Å². The second-order valence-corrected chi connectivity index (χ2v) is 3.80. The standard InChI is InChI=1S/C10H6N2OS/c11-6-8-1-2-10(14-8)9-5-7(13)3-4-12-9/h1-5H,(H,12,13). The molecule has 14 heavy (non-hydrogen) atoms. The topological polar surface area (TPSA) is 56.6 Å². The lowest BCUT2D eigenvalue weighted by Gasteiger charge is -1.94. The first kappa shape index (κ1) is 8.73. The summed E-state index contributed by atoms with van der Waals surface area (Å²) in [6.45, 7) is 0. The number of nitriles is 1. The molecule has 0 amide bonds. The van der Waals surface area contributed by atoms with Gasteiger partial charge in [-0.2, -0.15) is 5.26 Å². The van der Waals surface area contributed by atoms with Gasteiger partial charge in [0.15, 0.2) is 5.43 Å². The van der Waals surface area contributed by atoms with Crippen molar-refractivity contribution in [3.05, 3.63) is 45.6 Å².